The van der Waals surface area contributed by atoms with Gasteiger partial charge in [-0.15, -0.1) is 17.9 Å². The number of aliphatic carboxylic acids is 1. The molecular formula is C26H24F4N4O9S. The van der Waals surface area contributed by atoms with Crippen LogP contribution in [0.25, 0.3) is 0 Å². The molecule has 0 spiro atoms. The monoisotopic (exact) mass is 644 g/mol. The van der Waals surface area contributed by atoms with Crippen LogP contribution in [0.4, 0.5) is 17.6 Å². The van der Waals surface area contributed by atoms with Crippen LogP contribution in [0.1, 0.15) is 33.0 Å². The molecule has 0 fully saturated rings. The summed E-state index contributed by atoms with van der Waals surface area (Å²) in [4.78, 5) is 72.9. The standard InChI is InChI=1S/C26H24F4N4O9S/c1-2-9-34(12-19(35)33-16(23(38)39)11-21(37)43-25(41)26(28,29)30)20(36)8-5-14-4-7-18(44-14)24(40)42-17-6-3-13(22(31)32)10-15(17)27/h2-4,6-7,10,16H,1,5,8-9,11-12H2,(H3,31,32)(H,33,35)(H,38,39)/t16-/m0/s1. The number of hydrogen-bond acceptors (Lipinski definition) is 10. The first kappa shape index (κ1) is 35.1. The summed E-state index contributed by atoms with van der Waals surface area (Å²) in [6, 6.07) is 4.22. The molecule has 2 aromatic rings. The van der Waals surface area contributed by atoms with E-state index in [1.807, 2.05) is 5.32 Å². The zero-order valence-corrected chi connectivity index (χ0v) is 23.3. The Balaban J connectivity index is 1.95. The molecule has 5 N–H and O–H groups in total. The molecule has 18 heteroatoms. The Kier molecular flexibility index (Phi) is 12.3. The number of ether oxygens (including phenoxy) is 2. The number of nitrogens with one attached hydrogen (secondary N) is 2. The second kappa shape index (κ2) is 15.4. The fourth-order valence-electron chi connectivity index (χ4n) is 3.30. The van der Waals surface area contributed by atoms with Gasteiger partial charge in [0.25, 0.3) is 0 Å². The van der Waals surface area contributed by atoms with Gasteiger partial charge in [0.2, 0.25) is 11.8 Å². The normalized spacial score (nSPS) is 11.5. The summed E-state index contributed by atoms with van der Waals surface area (Å²) in [7, 11) is 0. The molecule has 236 valence electrons. The topological polar surface area (TPSA) is 206 Å². The molecule has 0 aliphatic rings. The number of carbonyl (C=O) groups is 6. The highest BCUT2D eigenvalue weighted by Crippen LogP contribution is 2.23. The zero-order valence-electron chi connectivity index (χ0n) is 22.4. The summed E-state index contributed by atoms with van der Waals surface area (Å²) < 4.78 is 59.5. The van der Waals surface area contributed by atoms with Gasteiger partial charge in [0.1, 0.15) is 16.8 Å². The Morgan fingerprint density at radius 3 is 2.41 bits per heavy atom. The Bertz CT molecular complexity index is 1480. The predicted molar refractivity (Wildman–Crippen MR) is 143 cm³/mol. The largest absolute Gasteiger partial charge is 0.491 e. The minimum absolute atomic E-state index is 0.0833. The zero-order chi connectivity index (χ0) is 33.2. The van der Waals surface area contributed by atoms with Crippen molar-refractivity contribution in [3.63, 3.8) is 0 Å². The molecule has 0 saturated heterocycles. The number of nitrogens with two attached hydrogens (primary N) is 1. The lowest BCUT2D eigenvalue weighted by Gasteiger charge is -2.22. The number of carbonyl (C=O) groups excluding carboxylic acids is 5. The van der Waals surface area contributed by atoms with Gasteiger partial charge in [-0.3, -0.25) is 19.8 Å². The first-order valence-electron chi connectivity index (χ1n) is 12.2. The molecule has 0 saturated carbocycles. The molecule has 1 aromatic carbocycles. The van der Waals surface area contributed by atoms with Crippen molar-refractivity contribution in [2.24, 2.45) is 5.73 Å². The number of carboxylic acids is 1. The van der Waals surface area contributed by atoms with E-state index in [0.29, 0.717) is 4.88 Å². The highest BCUT2D eigenvalue weighted by Gasteiger charge is 2.43. The molecule has 1 heterocycles. The average Bonchev–Trinajstić information content (AvgIpc) is 3.40. The number of hydrogen-bond donors (Lipinski definition) is 4. The van der Waals surface area contributed by atoms with Gasteiger partial charge in [0.15, 0.2) is 11.6 Å². The fourth-order valence-corrected chi connectivity index (χ4v) is 4.19. The smallest absolute Gasteiger partial charge is 0.480 e. The highest BCUT2D eigenvalue weighted by atomic mass is 32.1. The van der Waals surface area contributed by atoms with Crippen LogP contribution in [-0.2, 0) is 35.1 Å². The molecule has 2 amide bonds. The van der Waals surface area contributed by atoms with Crippen molar-refractivity contribution in [3.05, 3.63) is 64.1 Å². The Morgan fingerprint density at radius 2 is 1.84 bits per heavy atom. The summed E-state index contributed by atoms with van der Waals surface area (Å²) in [5.74, 6) is -10.8. The van der Waals surface area contributed by atoms with E-state index in [2.05, 4.69) is 11.3 Å². The van der Waals surface area contributed by atoms with Crippen molar-refractivity contribution in [1.29, 1.82) is 5.41 Å². The van der Waals surface area contributed by atoms with Crippen molar-refractivity contribution in [2.45, 2.75) is 31.5 Å². The quantitative estimate of drug-likeness (QED) is 0.0447. The number of amides is 2. The van der Waals surface area contributed by atoms with Crippen molar-refractivity contribution in [2.75, 3.05) is 13.1 Å². The summed E-state index contributed by atoms with van der Waals surface area (Å²) >= 11 is 0.953. The van der Waals surface area contributed by atoms with E-state index >= 15 is 0 Å². The second-order valence-electron chi connectivity index (χ2n) is 8.70. The van der Waals surface area contributed by atoms with E-state index in [9.17, 15) is 51.4 Å². The van der Waals surface area contributed by atoms with Gasteiger partial charge in [-0.25, -0.2) is 18.8 Å². The number of thiophene rings is 1. The van der Waals surface area contributed by atoms with Crippen LogP contribution < -0.4 is 15.8 Å². The van der Waals surface area contributed by atoms with Gasteiger partial charge in [-0.05, 0) is 36.8 Å². The molecular weight excluding hydrogens is 620 g/mol. The number of alkyl halides is 3. The summed E-state index contributed by atoms with van der Waals surface area (Å²) in [5, 5.41) is 18.4. The van der Waals surface area contributed by atoms with Gasteiger partial charge < -0.3 is 30.5 Å². The maximum atomic E-state index is 14.2. The van der Waals surface area contributed by atoms with Gasteiger partial charge in [0.05, 0.1) is 13.0 Å². The van der Waals surface area contributed by atoms with E-state index in [4.69, 9.17) is 15.9 Å². The molecule has 0 aliphatic carbocycles. The molecule has 0 bridgehead atoms. The molecule has 1 atom stereocenters. The second-order valence-corrected chi connectivity index (χ2v) is 9.87. The summed E-state index contributed by atoms with van der Waals surface area (Å²) in [6.07, 6.45) is -5.64. The maximum Gasteiger partial charge on any atom is 0.491 e. The molecule has 13 nitrogen and oxygen atoms in total. The number of nitrogens with zero attached hydrogens (tertiary/aromatic N) is 1. The molecule has 1 aromatic heterocycles. The third kappa shape index (κ3) is 10.6. The van der Waals surface area contributed by atoms with Gasteiger partial charge >= 0.3 is 30.1 Å². The Hall–Kier alpha value is -5.13. The third-order valence-electron chi connectivity index (χ3n) is 5.37. The third-order valence-corrected chi connectivity index (χ3v) is 6.50. The number of amidine groups is 1. The van der Waals surface area contributed by atoms with Crippen LogP contribution >= 0.6 is 11.3 Å². The predicted octanol–water partition coefficient (Wildman–Crippen LogP) is 1.93. The molecule has 44 heavy (non-hydrogen) atoms. The highest BCUT2D eigenvalue weighted by molar-refractivity contribution is 7.13. The van der Waals surface area contributed by atoms with Crippen molar-refractivity contribution in [3.8, 4) is 5.75 Å². The number of esters is 3. The van der Waals surface area contributed by atoms with E-state index < -0.39 is 66.7 Å². The number of halogens is 4. The van der Waals surface area contributed by atoms with Crippen LogP contribution in [0.5, 0.6) is 5.75 Å². The molecule has 2 rings (SSSR count). The first-order chi connectivity index (χ1) is 20.5. The summed E-state index contributed by atoms with van der Waals surface area (Å²) in [5.41, 5.74) is 5.38. The molecule has 0 unspecified atom stereocenters. The van der Waals surface area contributed by atoms with E-state index in [1.54, 1.807) is 0 Å². The summed E-state index contributed by atoms with van der Waals surface area (Å²) in [6.45, 7) is 2.58. The SMILES string of the molecule is C=CCN(CC(=O)N[C@@H](CC(=O)OC(=O)C(F)(F)F)C(=O)O)C(=O)CCc1ccc(C(=O)Oc2ccc(C(=N)N)cc2F)s1. The number of nitrogen functional groups attached to an aromatic ring is 1. The minimum Gasteiger partial charge on any atom is -0.480 e. The molecule has 0 aliphatic heterocycles. The van der Waals surface area contributed by atoms with Crippen molar-refractivity contribution in [1.82, 2.24) is 10.2 Å². The van der Waals surface area contributed by atoms with Gasteiger partial charge in [-0.2, -0.15) is 13.2 Å². The number of aryl methyl sites for hydroxylation is 1. The number of benzene rings is 1. The van der Waals surface area contributed by atoms with Gasteiger partial charge in [-0.1, -0.05) is 6.08 Å². The van der Waals surface area contributed by atoms with Crippen molar-refractivity contribution >= 4 is 52.9 Å². The molecule has 0 radical (unpaired) electrons. The van der Waals surface area contributed by atoms with Crippen LogP contribution in [0.2, 0.25) is 0 Å². The van der Waals surface area contributed by atoms with Crippen LogP contribution in [0, 0.1) is 11.2 Å². The van der Waals surface area contributed by atoms with E-state index in [-0.39, 0.29) is 41.4 Å². The lowest BCUT2D eigenvalue weighted by molar-refractivity contribution is -0.202. The van der Waals surface area contributed by atoms with Crippen molar-refractivity contribution < 1.29 is 60.9 Å². The first-order valence-corrected chi connectivity index (χ1v) is 13.0. The fraction of sp³-hybridized carbons (Fsp3) is 0.269. The Morgan fingerprint density at radius 1 is 1.16 bits per heavy atom. The van der Waals surface area contributed by atoms with Crippen LogP contribution in [0.3, 0.4) is 0 Å². The minimum atomic E-state index is -5.50. The Labute approximate surface area is 249 Å². The number of carboxylic acid groups (broad SMARTS) is 1. The lowest BCUT2D eigenvalue weighted by Crippen LogP contribution is -2.48. The van der Waals surface area contributed by atoms with Crippen LogP contribution in [0.15, 0.2) is 43.0 Å². The maximum absolute atomic E-state index is 14.2. The van der Waals surface area contributed by atoms with Crippen LogP contribution in [-0.4, -0.2) is 76.8 Å². The lowest BCUT2D eigenvalue weighted by atomic mass is 10.2. The van der Waals surface area contributed by atoms with E-state index in [0.717, 1.165) is 28.4 Å². The number of rotatable bonds is 14. The average molecular weight is 645 g/mol. The van der Waals surface area contributed by atoms with Gasteiger partial charge in [0, 0.05) is 23.4 Å². The van der Waals surface area contributed by atoms with E-state index in [1.165, 1.54) is 24.3 Å².